The number of rotatable bonds is 3. The fraction of sp³-hybridized carbons (Fsp3) is 0.190. The van der Waals surface area contributed by atoms with Crippen molar-refractivity contribution < 1.29 is 19.0 Å². The molecule has 0 aliphatic carbocycles. The molecule has 0 saturated heterocycles. The Labute approximate surface area is 146 Å². The average molecular weight is 334 g/mol. The molecule has 0 spiro atoms. The van der Waals surface area contributed by atoms with Gasteiger partial charge in [-0.3, -0.25) is 4.79 Å². The largest absolute Gasteiger partial charge is 0.461 e. The molecule has 4 rings (SSSR count). The van der Waals surface area contributed by atoms with Crippen molar-refractivity contribution in [2.24, 2.45) is 0 Å². The van der Waals surface area contributed by atoms with Gasteiger partial charge in [-0.1, -0.05) is 42.5 Å². The lowest BCUT2D eigenvalue weighted by atomic mass is 9.85. The number of carbonyl (C=O) groups excluding carboxylic acids is 1. The molecule has 0 amide bonds. The maximum absolute atomic E-state index is 12.2. The van der Waals surface area contributed by atoms with E-state index in [9.17, 15) is 4.79 Å². The van der Waals surface area contributed by atoms with Crippen molar-refractivity contribution >= 4 is 11.9 Å². The summed E-state index contributed by atoms with van der Waals surface area (Å²) in [6.07, 6.45) is 4.07. The lowest BCUT2D eigenvalue weighted by Crippen LogP contribution is -2.18. The van der Waals surface area contributed by atoms with E-state index in [0.29, 0.717) is 28.6 Å². The van der Waals surface area contributed by atoms with Crippen molar-refractivity contribution in [2.75, 3.05) is 6.79 Å². The van der Waals surface area contributed by atoms with Gasteiger partial charge in [0.25, 0.3) is 0 Å². The summed E-state index contributed by atoms with van der Waals surface area (Å²) < 4.78 is 16.8. The third-order valence-electron chi connectivity index (χ3n) is 4.45. The Morgan fingerprint density at radius 1 is 1.08 bits per heavy atom. The molecule has 0 N–H and O–H groups in total. The van der Waals surface area contributed by atoms with Crippen molar-refractivity contribution in [3.8, 4) is 17.2 Å². The van der Waals surface area contributed by atoms with Crippen molar-refractivity contribution in [3.63, 3.8) is 0 Å². The molecule has 2 heterocycles. The molecule has 2 aliphatic heterocycles. The van der Waals surface area contributed by atoms with Crippen molar-refractivity contribution in [3.05, 3.63) is 71.0 Å². The highest BCUT2D eigenvalue weighted by atomic mass is 16.7. The summed E-state index contributed by atoms with van der Waals surface area (Å²) in [7, 11) is 0. The predicted molar refractivity (Wildman–Crippen MR) is 94.8 cm³/mol. The SMILES string of the molecule is CC(=O)C1=C(C)Oc2cc3c(cc2[C@@H]1/C=C/c1ccccc1)OCO3. The molecule has 0 radical (unpaired) electrons. The van der Waals surface area contributed by atoms with Crippen LogP contribution >= 0.6 is 0 Å². The number of benzene rings is 2. The van der Waals surface area contributed by atoms with Crippen molar-refractivity contribution in [1.29, 1.82) is 0 Å². The highest BCUT2D eigenvalue weighted by Gasteiger charge is 2.31. The molecule has 25 heavy (non-hydrogen) atoms. The number of carbonyl (C=O) groups is 1. The van der Waals surface area contributed by atoms with Gasteiger partial charge in [0.1, 0.15) is 11.5 Å². The summed E-state index contributed by atoms with van der Waals surface area (Å²) in [6.45, 7) is 3.60. The molecular formula is C21H18O4. The van der Waals surface area contributed by atoms with E-state index in [0.717, 1.165) is 11.1 Å². The molecule has 4 nitrogen and oxygen atoms in total. The van der Waals surface area contributed by atoms with Gasteiger partial charge in [-0.15, -0.1) is 0 Å². The minimum Gasteiger partial charge on any atom is -0.461 e. The zero-order chi connectivity index (χ0) is 17.4. The first-order valence-corrected chi connectivity index (χ1v) is 8.20. The normalized spacial score (nSPS) is 18.2. The first kappa shape index (κ1) is 15.5. The molecular weight excluding hydrogens is 316 g/mol. The molecule has 2 aliphatic rings. The Morgan fingerprint density at radius 3 is 2.52 bits per heavy atom. The van der Waals surface area contributed by atoms with Crippen LogP contribution in [0.1, 0.15) is 30.9 Å². The van der Waals surface area contributed by atoms with Gasteiger partial charge in [0.05, 0.1) is 0 Å². The quantitative estimate of drug-likeness (QED) is 0.831. The molecule has 0 fully saturated rings. The molecule has 1 atom stereocenters. The van der Waals surface area contributed by atoms with Crippen molar-refractivity contribution in [1.82, 2.24) is 0 Å². The van der Waals surface area contributed by atoms with Crippen molar-refractivity contribution in [2.45, 2.75) is 19.8 Å². The van der Waals surface area contributed by atoms with E-state index in [2.05, 4.69) is 0 Å². The summed E-state index contributed by atoms with van der Waals surface area (Å²) in [4.78, 5) is 12.2. The highest BCUT2D eigenvalue weighted by molar-refractivity contribution is 5.96. The van der Waals surface area contributed by atoms with E-state index in [1.54, 1.807) is 6.92 Å². The zero-order valence-electron chi connectivity index (χ0n) is 14.1. The summed E-state index contributed by atoms with van der Waals surface area (Å²) in [5, 5.41) is 0. The van der Waals surface area contributed by atoms with Crippen LogP contribution in [0.5, 0.6) is 17.2 Å². The second-order valence-corrected chi connectivity index (χ2v) is 6.12. The second kappa shape index (κ2) is 6.13. The summed E-state index contributed by atoms with van der Waals surface area (Å²) in [5.74, 6) is 2.50. The van der Waals surface area contributed by atoms with E-state index in [-0.39, 0.29) is 18.5 Å². The van der Waals surface area contributed by atoms with E-state index in [1.165, 1.54) is 0 Å². The Bertz CT molecular complexity index is 894. The Kier molecular flexibility index (Phi) is 3.80. The van der Waals surface area contributed by atoms with E-state index in [4.69, 9.17) is 14.2 Å². The van der Waals surface area contributed by atoms with Gasteiger partial charge in [0.2, 0.25) is 6.79 Å². The van der Waals surface area contributed by atoms with Gasteiger partial charge >= 0.3 is 0 Å². The van der Waals surface area contributed by atoms with Gasteiger partial charge in [0, 0.05) is 23.1 Å². The molecule has 0 bridgehead atoms. The smallest absolute Gasteiger partial charge is 0.231 e. The molecule has 2 aromatic rings. The zero-order valence-corrected chi connectivity index (χ0v) is 14.1. The fourth-order valence-electron chi connectivity index (χ4n) is 3.30. The Morgan fingerprint density at radius 2 is 1.80 bits per heavy atom. The van der Waals surface area contributed by atoms with Gasteiger partial charge < -0.3 is 14.2 Å². The van der Waals surface area contributed by atoms with Gasteiger partial charge in [0.15, 0.2) is 17.3 Å². The van der Waals surface area contributed by atoms with Crippen LogP contribution in [0.2, 0.25) is 0 Å². The third kappa shape index (κ3) is 2.80. The van der Waals surface area contributed by atoms with Gasteiger partial charge in [-0.25, -0.2) is 0 Å². The molecule has 126 valence electrons. The molecule has 0 aromatic heterocycles. The topological polar surface area (TPSA) is 44.8 Å². The second-order valence-electron chi connectivity index (χ2n) is 6.12. The number of Topliss-reactive ketones (excluding diaryl/α,β-unsaturated/α-hetero) is 1. The van der Waals surface area contributed by atoms with Crippen LogP contribution in [0.25, 0.3) is 6.08 Å². The number of hydrogen-bond donors (Lipinski definition) is 0. The van der Waals surface area contributed by atoms with E-state index >= 15 is 0 Å². The van der Waals surface area contributed by atoms with Gasteiger partial charge in [-0.05, 0) is 25.5 Å². The minimum absolute atomic E-state index is 0.00327. The first-order valence-electron chi connectivity index (χ1n) is 8.20. The molecule has 2 aromatic carbocycles. The maximum Gasteiger partial charge on any atom is 0.231 e. The van der Waals surface area contributed by atoms with E-state index < -0.39 is 0 Å². The molecule has 4 heteroatoms. The first-order chi connectivity index (χ1) is 12.1. The monoisotopic (exact) mass is 334 g/mol. The van der Waals surface area contributed by atoms with Crippen LogP contribution in [0.15, 0.2) is 59.9 Å². The van der Waals surface area contributed by atoms with Crippen LogP contribution in [0.3, 0.4) is 0 Å². The van der Waals surface area contributed by atoms with Crippen LogP contribution < -0.4 is 14.2 Å². The molecule has 0 unspecified atom stereocenters. The predicted octanol–water partition coefficient (Wildman–Crippen LogP) is 4.47. The van der Waals surface area contributed by atoms with Crippen LogP contribution in [-0.2, 0) is 4.79 Å². The highest BCUT2D eigenvalue weighted by Crippen LogP contribution is 2.47. The number of ketones is 1. The Balaban J connectivity index is 1.81. The van der Waals surface area contributed by atoms with Crippen LogP contribution in [-0.4, -0.2) is 12.6 Å². The lowest BCUT2D eigenvalue weighted by molar-refractivity contribution is -0.114. The van der Waals surface area contributed by atoms with E-state index in [1.807, 2.05) is 61.5 Å². The fourth-order valence-corrected chi connectivity index (χ4v) is 3.30. The minimum atomic E-state index is -0.184. The van der Waals surface area contributed by atoms with Crippen LogP contribution in [0.4, 0.5) is 0 Å². The number of fused-ring (bicyclic) bond motifs is 2. The number of hydrogen-bond acceptors (Lipinski definition) is 4. The van der Waals surface area contributed by atoms with Crippen LogP contribution in [0, 0.1) is 0 Å². The average Bonchev–Trinajstić information content (AvgIpc) is 3.05. The lowest BCUT2D eigenvalue weighted by Gasteiger charge is -2.27. The number of ether oxygens (including phenoxy) is 3. The van der Waals surface area contributed by atoms with Gasteiger partial charge in [-0.2, -0.15) is 0 Å². The standard InChI is InChI=1S/C21H18O4/c1-13(22)21-14(2)25-18-11-20-19(23-12-24-20)10-17(18)16(21)9-8-15-6-4-3-5-7-15/h3-11,16H,12H2,1-2H3/b9-8+/t16-/m0/s1. The number of allylic oxidation sites excluding steroid dienone is 3. The third-order valence-corrected chi connectivity index (χ3v) is 4.45. The summed E-state index contributed by atoms with van der Waals surface area (Å²) in [5.41, 5.74) is 2.66. The summed E-state index contributed by atoms with van der Waals surface area (Å²) >= 11 is 0. The Hall–Kier alpha value is -3.01. The summed E-state index contributed by atoms with van der Waals surface area (Å²) in [6, 6.07) is 13.8. The maximum atomic E-state index is 12.2. The molecule has 0 saturated carbocycles.